The first-order valence-corrected chi connectivity index (χ1v) is 10.3. The van der Waals surface area contributed by atoms with Crippen molar-refractivity contribution in [3.63, 3.8) is 0 Å². The number of benzene rings is 2. The van der Waals surface area contributed by atoms with Crippen LogP contribution in [0.2, 0.25) is 0 Å². The Hall–Kier alpha value is -3.66. The maximum absolute atomic E-state index is 11.8. The van der Waals surface area contributed by atoms with Gasteiger partial charge in [-0.1, -0.05) is 6.07 Å². The monoisotopic (exact) mass is 458 g/mol. The normalized spacial score (nSPS) is 11.2. The van der Waals surface area contributed by atoms with E-state index in [0.29, 0.717) is 40.7 Å². The van der Waals surface area contributed by atoms with Gasteiger partial charge in [0.15, 0.2) is 11.5 Å². The van der Waals surface area contributed by atoms with E-state index >= 15 is 0 Å². The lowest BCUT2D eigenvalue weighted by Gasteiger charge is -2.10. The van der Waals surface area contributed by atoms with Crippen molar-refractivity contribution in [2.75, 3.05) is 27.9 Å². The van der Waals surface area contributed by atoms with Crippen molar-refractivity contribution in [2.45, 2.75) is 12.1 Å². The van der Waals surface area contributed by atoms with E-state index in [9.17, 15) is 9.90 Å². The second-order valence-corrected chi connectivity index (χ2v) is 7.23. The highest BCUT2D eigenvalue weighted by Gasteiger charge is 2.17. The molecule has 0 radical (unpaired) electrons. The number of aliphatic carboxylic acids is 1. The standard InChI is InChI=1S/C22H22N2O7S/c1-5-30-18-8-13(6-7-17(18)29-4)9-19(21(25)26)32-22-24-23-20(31-22)14-10-15(27-2)12-16(11-14)28-3/h6-12H,5H2,1-4H3,(H,25,26)/b19-9-. The van der Waals surface area contributed by atoms with Gasteiger partial charge in [0.25, 0.3) is 5.22 Å². The first-order valence-electron chi connectivity index (χ1n) is 9.48. The quantitative estimate of drug-likeness (QED) is 0.347. The molecule has 0 bridgehead atoms. The molecule has 1 aromatic heterocycles. The fourth-order valence-corrected chi connectivity index (χ4v) is 3.40. The summed E-state index contributed by atoms with van der Waals surface area (Å²) in [4.78, 5) is 11.8. The Kier molecular flexibility index (Phi) is 7.61. The van der Waals surface area contributed by atoms with Gasteiger partial charge < -0.3 is 28.5 Å². The predicted molar refractivity (Wildman–Crippen MR) is 118 cm³/mol. The summed E-state index contributed by atoms with van der Waals surface area (Å²) < 4.78 is 27.0. The molecule has 0 amide bonds. The van der Waals surface area contributed by atoms with Gasteiger partial charge in [-0.05, 0) is 54.6 Å². The molecule has 0 aliphatic heterocycles. The molecule has 0 atom stereocenters. The van der Waals surface area contributed by atoms with Crippen molar-refractivity contribution in [1.82, 2.24) is 10.2 Å². The van der Waals surface area contributed by atoms with E-state index in [4.69, 9.17) is 23.4 Å². The van der Waals surface area contributed by atoms with Crippen molar-refractivity contribution < 1.29 is 33.3 Å². The second-order valence-electron chi connectivity index (χ2n) is 6.23. The minimum atomic E-state index is -1.13. The summed E-state index contributed by atoms with van der Waals surface area (Å²) in [7, 11) is 4.61. The maximum atomic E-state index is 11.8. The molecular formula is C22H22N2O7S. The smallest absolute Gasteiger partial charge is 0.342 e. The topological polar surface area (TPSA) is 113 Å². The lowest BCUT2D eigenvalue weighted by atomic mass is 10.2. The molecule has 0 saturated carbocycles. The molecule has 168 valence electrons. The molecule has 3 rings (SSSR count). The third-order valence-electron chi connectivity index (χ3n) is 4.20. The zero-order valence-electron chi connectivity index (χ0n) is 17.9. The van der Waals surface area contributed by atoms with Crippen LogP contribution < -0.4 is 18.9 Å². The van der Waals surface area contributed by atoms with Gasteiger partial charge in [-0.3, -0.25) is 0 Å². The number of carboxylic acids is 1. The Labute approximate surface area is 189 Å². The molecular weight excluding hydrogens is 436 g/mol. The fourth-order valence-electron chi connectivity index (χ4n) is 2.73. The predicted octanol–water partition coefficient (Wildman–Crippen LogP) is 4.38. The number of nitrogens with zero attached hydrogens (tertiary/aromatic N) is 2. The molecule has 10 heteroatoms. The van der Waals surface area contributed by atoms with Gasteiger partial charge in [-0.15, -0.1) is 10.2 Å². The Bertz CT molecular complexity index is 1100. The second kappa shape index (κ2) is 10.6. The van der Waals surface area contributed by atoms with Crippen LogP contribution in [0.25, 0.3) is 17.5 Å². The van der Waals surface area contributed by atoms with Crippen LogP contribution in [-0.4, -0.2) is 49.2 Å². The highest BCUT2D eigenvalue weighted by Crippen LogP contribution is 2.34. The number of hydrogen-bond acceptors (Lipinski definition) is 9. The highest BCUT2D eigenvalue weighted by molar-refractivity contribution is 8.03. The molecule has 0 aliphatic carbocycles. The lowest BCUT2D eigenvalue weighted by Crippen LogP contribution is -1.98. The van der Waals surface area contributed by atoms with Crippen molar-refractivity contribution in [3.05, 3.63) is 46.9 Å². The average Bonchev–Trinajstić information content (AvgIpc) is 3.27. The van der Waals surface area contributed by atoms with Crippen LogP contribution in [0, 0.1) is 0 Å². The molecule has 1 N–H and O–H groups in total. The molecule has 9 nitrogen and oxygen atoms in total. The Morgan fingerprint density at radius 1 is 1.03 bits per heavy atom. The lowest BCUT2D eigenvalue weighted by molar-refractivity contribution is -0.131. The van der Waals surface area contributed by atoms with E-state index in [1.807, 2.05) is 6.92 Å². The molecule has 0 spiro atoms. The van der Waals surface area contributed by atoms with E-state index in [-0.39, 0.29) is 16.0 Å². The molecule has 0 saturated heterocycles. The van der Waals surface area contributed by atoms with E-state index < -0.39 is 5.97 Å². The largest absolute Gasteiger partial charge is 0.497 e. The van der Waals surface area contributed by atoms with Gasteiger partial charge in [0.2, 0.25) is 5.89 Å². The van der Waals surface area contributed by atoms with E-state index in [0.717, 1.165) is 11.8 Å². The number of methoxy groups -OCH3 is 3. The Morgan fingerprint density at radius 3 is 2.34 bits per heavy atom. The van der Waals surface area contributed by atoms with Crippen LogP contribution in [0.1, 0.15) is 12.5 Å². The number of rotatable bonds is 10. The van der Waals surface area contributed by atoms with Crippen LogP contribution in [0.5, 0.6) is 23.0 Å². The van der Waals surface area contributed by atoms with Crippen LogP contribution in [0.3, 0.4) is 0 Å². The number of carbonyl (C=O) groups is 1. The van der Waals surface area contributed by atoms with E-state index in [1.54, 1.807) is 36.4 Å². The number of ether oxygens (including phenoxy) is 4. The zero-order valence-corrected chi connectivity index (χ0v) is 18.8. The first kappa shape index (κ1) is 23.0. The van der Waals surface area contributed by atoms with Gasteiger partial charge in [0, 0.05) is 11.6 Å². The van der Waals surface area contributed by atoms with Crippen molar-refractivity contribution in [2.24, 2.45) is 0 Å². The summed E-state index contributed by atoms with van der Waals surface area (Å²) in [6.07, 6.45) is 1.49. The maximum Gasteiger partial charge on any atom is 0.342 e. The summed E-state index contributed by atoms with van der Waals surface area (Å²) in [5.41, 5.74) is 1.20. The minimum absolute atomic E-state index is 0.00367. The summed E-state index contributed by atoms with van der Waals surface area (Å²) in [6, 6.07) is 10.3. The summed E-state index contributed by atoms with van der Waals surface area (Å²) in [6.45, 7) is 2.30. The molecule has 0 aliphatic rings. The molecule has 3 aromatic rings. The van der Waals surface area contributed by atoms with Gasteiger partial charge >= 0.3 is 5.97 Å². The third kappa shape index (κ3) is 5.52. The van der Waals surface area contributed by atoms with E-state index in [1.165, 1.54) is 27.4 Å². The third-order valence-corrected chi connectivity index (χ3v) is 5.05. The van der Waals surface area contributed by atoms with Crippen molar-refractivity contribution >= 4 is 23.8 Å². The van der Waals surface area contributed by atoms with Crippen molar-refractivity contribution in [3.8, 4) is 34.5 Å². The number of carboxylic acid groups (broad SMARTS) is 1. The number of hydrogen-bond donors (Lipinski definition) is 1. The number of thioether (sulfide) groups is 1. The molecule has 0 fully saturated rings. The van der Waals surface area contributed by atoms with Crippen molar-refractivity contribution in [1.29, 1.82) is 0 Å². The van der Waals surface area contributed by atoms with Crippen LogP contribution >= 0.6 is 11.8 Å². The molecule has 2 aromatic carbocycles. The van der Waals surface area contributed by atoms with Gasteiger partial charge in [0.05, 0.1) is 27.9 Å². The summed E-state index contributed by atoms with van der Waals surface area (Å²) >= 11 is 0.843. The minimum Gasteiger partial charge on any atom is -0.497 e. The van der Waals surface area contributed by atoms with Gasteiger partial charge in [-0.25, -0.2) is 4.79 Å². The first-order chi connectivity index (χ1) is 15.5. The Morgan fingerprint density at radius 2 is 1.75 bits per heavy atom. The van der Waals surface area contributed by atoms with Crippen LogP contribution in [0.4, 0.5) is 0 Å². The highest BCUT2D eigenvalue weighted by atomic mass is 32.2. The zero-order chi connectivity index (χ0) is 23.1. The summed E-state index contributed by atoms with van der Waals surface area (Å²) in [5, 5.41) is 17.7. The van der Waals surface area contributed by atoms with E-state index in [2.05, 4.69) is 10.2 Å². The molecule has 0 unspecified atom stereocenters. The summed E-state index contributed by atoms with van der Waals surface area (Å²) in [5.74, 6) is 1.27. The SMILES string of the molecule is CCOc1cc(/C=C(\Sc2nnc(-c3cc(OC)cc(OC)c3)o2)C(=O)O)ccc1OC. The van der Waals surface area contributed by atoms with Gasteiger partial charge in [0.1, 0.15) is 16.4 Å². The van der Waals surface area contributed by atoms with Crippen LogP contribution in [0.15, 0.2) is 50.9 Å². The average molecular weight is 458 g/mol. The Balaban J connectivity index is 1.88. The van der Waals surface area contributed by atoms with Crippen LogP contribution in [-0.2, 0) is 4.79 Å². The fraction of sp³-hybridized carbons (Fsp3) is 0.227. The molecule has 32 heavy (non-hydrogen) atoms. The number of aromatic nitrogens is 2. The van der Waals surface area contributed by atoms with Gasteiger partial charge in [-0.2, -0.15) is 0 Å². The molecule has 1 heterocycles.